The van der Waals surface area contributed by atoms with Gasteiger partial charge in [0.15, 0.2) is 0 Å². The Kier molecular flexibility index (Phi) is 3.50. The Balaban J connectivity index is 1.40. The Morgan fingerprint density at radius 3 is 2.26 bits per heavy atom. The van der Waals surface area contributed by atoms with E-state index in [4.69, 9.17) is 9.40 Å². The summed E-state index contributed by atoms with van der Waals surface area (Å²) < 4.78 is 10.7. The van der Waals surface area contributed by atoms with Crippen LogP contribution in [0.5, 0.6) is 0 Å². The van der Waals surface area contributed by atoms with Gasteiger partial charge in [-0.15, -0.1) is 0 Å². The fourth-order valence-corrected chi connectivity index (χ4v) is 5.86. The maximum atomic E-state index is 6.17. The van der Waals surface area contributed by atoms with Crippen molar-refractivity contribution in [1.29, 1.82) is 0 Å². The summed E-state index contributed by atoms with van der Waals surface area (Å²) in [5.74, 6) is 0. The second kappa shape index (κ2) is 6.51. The molecule has 0 bridgehead atoms. The van der Waals surface area contributed by atoms with Gasteiger partial charge in [0.25, 0.3) is 0 Å². The lowest BCUT2D eigenvalue weighted by Gasteiger charge is -2.05. The summed E-state index contributed by atoms with van der Waals surface area (Å²) in [5.41, 5.74) is 9.95. The number of furan rings is 1. The molecule has 4 aromatic heterocycles. The molecule has 0 atom stereocenters. The van der Waals surface area contributed by atoms with E-state index < -0.39 is 0 Å². The van der Waals surface area contributed by atoms with Gasteiger partial charge in [0.2, 0.25) is 0 Å². The lowest BCUT2D eigenvalue weighted by Crippen LogP contribution is -1.89. The second-order valence-electron chi connectivity index (χ2n) is 9.39. The van der Waals surface area contributed by atoms with Gasteiger partial charge in [0.05, 0.1) is 16.6 Å². The van der Waals surface area contributed by atoms with Crippen molar-refractivity contribution in [2.75, 3.05) is 0 Å². The molecule has 4 heterocycles. The van der Waals surface area contributed by atoms with E-state index in [1.807, 2.05) is 18.3 Å². The van der Waals surface area contributed by atoms with Crippen molar-refractivity contribution in [1.82, 2.24) is 14.1 Å². The summed E-state index contributed by atoms with van der Waals surface area (Å²) in [4.78, 5) is 4.88. The Bertz CT molecular complexity index is 2140. The highest BCUT2D eigenvalue weighted by Gasteiger charge is 2.17. The Labute approximate surface area is 200 Å². The van der Waals surface area contributed by atoms with Crippen LogP contribution in [0.1, 0.15) is 0 Å². The molecular formula is C31H21N3O. The van der Waals surface area contributed by atoms with Crippen LogP contribution in [0.3, 0.4) is 0 Å². The lowest BCUT2D eigenvalue weighted by molar-refractivity contribution is 0.669. The fourth-order valence-electron chi connectivity index (χ4n) is 5.86. The van der Waals surface area contributed by atoms with E-state index in [2.05, 4.69) is 96.0 Å². The summed E-state index contributed by atoms with van der Waals surface area (Å²) in [5, 5.41) is 6.03. The molecule has 0 aliphatic carbocycles. The molecule has 35 heavy (non-hydrogen) atoms. The topological polar surface area (TPSA) is 35.9 Å². The van der Waals surface area contributed by atoms with Crippen molar-refractivity contribution in [2.24, 2.45) is 14.1 Å². The predicted molar refractivity (Wildman–Crippen MR) is 145 cm³/mol. The van der Waals surface area contributed by atoms with Gasteiger partial charge in [-0.25, -0.2) is 0 Å². The molecule has 0 amide bonds. The summed E-state index contributed by atoms with van der Waals surface area (Å²) in [6.07, 6.45) is 2.00. The maximum Gasteiger partial charge on any atom is 0.136 e. The Hall–Kier alpha value is -4.57. The van der Waals surface area contributed by atoms with E-state index in [-0.39, 0.29) is 0 Å². The molecule has 0 spiro atoms. The molecule has 0 aliphatic rings. The zero-order valence-electron chi connectivity index (χ0n) is 19.4. The largest absolute Gasteiger partial charge is 0.456 e. The van der Waals surface area contributed by atoms with Crippen molar-refractivity contribution in [3.05, 3.63) is 91.1 Å². The monoisotopic (exact) mass is 451 g/mol. The van der Waals surface area contributed by atoms with Gasteiger partial charge in [-0.3, -0.25) is 4.98 Å². The first-order valence-corrected chi connectivity index (χ1v) is 11.8. The first-order valence-electron chi connectivity index (χ1n) is 11.8. The van der Waals surface area contributed by atoms with Crippen molar-refractivity contribution in [3.8, 4) is 11.1 Å². The fraction of sp³-hybridized carbons (Fsp3) is 0.0645. The smallest absolute Gasteiger partial charge is 0.136 e. The number of hydrogen-bond donors (Lipinski definition) is 0. The Morgan fingerprint density at radius 1 is 0.571 bits per heavy atom. The molecule has 0 unspecified atom stereocenters. The van der Waals surface area contributed by atoms with Gasteiger partial charge < -0.3 is 13.6 Å². The summed E-state index contributed by atoms with van der Waals surface area (Å²) in [7, 11) is 4.26. The standard InChI is InChI=1S/C31H21N3O/c1-33-23-9-5-3-7-21(23)31-26(33)16-19(17-32-31)18-11-12-20-25(15-18)34(2)24-13-14-28-30(29(20)24)22-8-4-6-10-27(22)35-28/h3-17H,1-2H3. The van der Waals surface area contributed by atoms with E-state index in [0.29, 0.717) is 0 Å². The molecule has 0 aliphatic heterocycles. The number of nitrogens with zero attached hydrogens (tertiary/aromatic N) is 3. The third kappa shape index (κ3) is 2.38. The van der Waals surface area contributed by atoms with Crippen LogP contribution in [-0.2, 0) is 14.1 Å². The molecule has 8 aromatic rings. The molecule has 0 saturated carbocycles. The van der Waals surface area contributed by atoms with Crippen LogP contribution in [0.25, 0.3) is 76.8 Å². The highest BCUT2D eigenvalue weighted by molar-refractivity contribution is 6.27. The minimum absolute atomic E-state index is 0.929. The van der Waals surface area contributed by atoms with Gasteiger partial charge in [-0.2, -0.15) is 0 Å². The molecule has 8 rings (SSSR count). The number of pyridine rings is 1. The van der Waals surface area contributed by atoms with Crippen LogP contribution in [0.4, 0.5) is 0 Å². The zero-order valence-corrected chi connectivity index (χ0v) is 19.4. The number of fused-ring (bicyclic) bond motifs is 10. The minimum atomic E-state index is 0.929. The number of aryl methyl sites for hydroxylation is 2. The SMILES string of the molecule is Cn1c2ccccc2c2ncc(-c3ccc4c5c6c(ccc5n(C)c4c3)oc3ccccc36)cc21. The van der Waals surface area contributed by atoms with Gasteiger partial charge in [0, 0.05) is 63.8 Å². The van der Waals surface area contributed by atoms with Crippen LogP contribution >= 0.6 is 0 Å². The first kappa shape index (κ1) is 18.8. The van der Waals surface area contributed by atoms with Crippen molar-refractivity contribution < 1.29 is 4.42 Å². The summed E-state index contributed by atoms with van der Waals surface area (Å²) in [6.45, 7) is 0. The van der Waals surface area contributed by atoms with E-state index in [1.54, 1.807) is 0 Å². The molecule has 0 saturated heterocycles. The number of hydrogen-bond acceptors (Lipinski definition) is 2. The van der Waals surface area contributed by atoms with Crippen LogP contribution in [-0.4, -0.2) is 14.1 Å². The molecule has 0 N–H and O–H groups in total. The molecule has 4 nitrogen and oxygen atoms in total. The van der Waals surface area contributed by atoms with E-state index >= 15 is 0 Å². The summed E-state index contributed by atoms with van der Waals surface area (Å²) >= 11 is 0. The predicted octanol–water partition coefficient (Wildman–Crippen LogP) is 7.94. The number of rotatable bonds is 1. The Morgan fingerprint density at radius 2 is 1.34 bits per heavy atom. The highest BCUT2D eigenvalue weighted by Crippen LogP contribution is 2.40. The van der Waals surface area contributed by atoms with Crippen LogP contribution < -0.4 is 0 Å². The number of para-hydroxylation sites is 2. The second-order valence-corrected chi connectivity index (χ2v) is 9.39. The third-order valence-corrected chi connectivity index (χ3v) is 7.59. The summed E-state index contributed by atoms with van der Waals surface area (Å²) in [6, 6.07) is 30.0. The quantitative estimate of drug-likeness (QED) is 0.254. The molecule has 0 radical (unpaired) electrons. The first-order chi connectivity index (χ1) is 17.2. The van der Waals surface area contributed by atoms with Crippen LogP contribution in [0.15, 0.2) is 95.5 Å². The lowest BCUT2D eigenvalue weighted by atomic mass is 10.0. The van der Waals surface area contributed by atoms with Crippen molar-refractivity contribution in [3.63, 3.8) is 0 Å². The normalized spacial score (nSPS) is 12.3. The van der Waals surface area contributed by atoms with E-state index in [0.717, 1.165) is 38.7 Å². The minimum Gasteiger partial charge on any atom is -0.456 e. The van der Waals surface area contributed by atoms with Crippen LogP contribution in [0.2, 0.25) is 0 Å². The van der Waals surface area contributed by atoms with Crippen LogP contribution in [0, 0.1) is 0 Å². The highest BCUT2D eigenvalue weighted by atomic mass is 16.3. The molecule has 166 valence electrons. The zero-order chi connectivity index (χ0) is 23.3. The molecule has 4 aromatic carbocycles. The van der Waals surface area contributed by atoms with Gasteiger partial charge >= 0.3 is 0 Å². The molecular weight excluding hydrogens is 430 g/mol. The average molecular weight is 452 g/mol. The number of benzene rings is 4. The van der Waals surface area contributed by atoms with Gasteiger partial charge in [-0.05, 0) is 42.0 Å². The maximum absolute atomic E-state index is 6.17. The molecule has 4 heteroatoms. The van der Waals surface area contributed by atoms with E-state index in [9.17, 15) is 0 Å². The van der Waals surface area contributed by atoms with E-state index in [1.165, 1.54) is 38.1 Å². The van der Waals surface area contributed by atoms with Crippen molar-refractivity contribution >= 4 is 65.7 Å². The third-order valence-electron chi connectivity index (χ3n) is 7.59. The number of aromatic nitrogens is 3. The van der Waals surface area contributed by atoms with Gasteiger partial charge in [-0.1, -0.05) is 48.5 Å². The van der Waals surface area contributed by atoms with Crippen molar-refractivity contribution in [2.45, 2.75) is 0 Å². The molecule has 0 fully saturated rings. The van der Waals surface area contributed by atoms with Gasteiger partial charge in [0.1, 0.15) is 11.2 Å². The average Bonchev–Trinajstić information content (AvgIpc) is 3.52.